The summed E-state index contributed by atoms with van der Waals surface area (Å²) in [6.07, 6.45) is 0.606. The van der Waals surface area contributed by atoms with Crippen molar-refractivity contribution in [3.8, 4) is 0 Å². The number of anilines is 1. The van der Waals surface area contributed by atoms with Crippen LogP contribution in [0.3, 0.4) is 0 Å². The van der Waals surface area contributed by atoms with E-state index in [4.69, 9.17) is 5.73 Å². The molecule has 1 aromatic rings. The van der Waals surface area contributed by atoms with Crippen molar-refractivity contribution < 1.29 is 13.9 Å². The first-order chi connectivity index (χ1) is 6.60. The van der Waals surface area contributed by atoms with E-state index in [0.29, 0.717) is 12.0 Å². The number of benzene rings is 1. The highest BCUT2D eigenvalue weighted by Crippen LogP contribution is 2.19. The average Bonchev–Trinajstić information content (AvgIpc) is 2.20. The molecule has 14 heavy (non-hydrogen) atoms. The molecule has 0 amide bonds. The lowest BCUT2D eigenvalue weighted by atomic mass is 10.0. The van der Waals surface area contributed by atoms with E-state index in [9.17, 15) is 9.18 Å². The number of aryl methyl sites for hydroxylation is 1. The predicted molar refractivity (Wildman–Crippen MR) is 51.5 cm³/mol. The summed E-state index contributed by atoms with van der Waals surface area (Å²) in [5, 5.41) is 0. The molecule has 0 aliphatic carbocycles. The summed E-state index contributed by atoms with van der Waals surface area (Å²) in [4.78, 5) is 11.2. The third-order valence-corrected chi connectivity index (χ3v) is 2.01. The normalized spacial score (nSPS) is 9.93. The van der Waals surface area contributed by atoms with Crippen LogP contribution in [0.25, 0.3) is 0 Å². The number of ether oxygens (including phenoxy) is 1. The lowest BCUT2D eigenvalue weighted by Gasteiger charge is -2.07. The van der Waals surface area contributed by atoms with Gasteiger partial charge in [-0.15, -0.1) is 0 Å². The maximum absolute atomic E-state index is 13.1. The minimum absolute atomic E-state index is 0.0505. The van der Waals surface area contributed by atoms with Crippen molar-refractivity contribution in [3.05, 3.63) is 29.1 Å². The van der Waals surface area contributed by atoms with E-state index in [1.54, 1.807) is 0 Å². The molecule has 0 aliphatic heterocycles. The zero-order valence-corrected chi connectivity index (χ0v) is 8.13. The number of methoxy groups -OCH3 is 1. The van der Waals surface area contributed by atoms with Crippen LogP contribution < -0.4 is 5.73 Å². The van der Waals surface area contributed by atoms with Gasteiger partial charge in [-0.1, -0.05) is 6.92 Å². The summed E-state index contributed by atoms with van der Waals surface area (Å²) in [5.74, 6) is -1.14. The van der Waals surface area contributed by atoms with Gasteiger partial charge < -0.3 is 10.5 Å². The maximum atomic E-state index is 13.1. The second-order valence-corrected chi connectivity index (χ2v) is 2.88. The Morgan fingerprint density at radius 3 is 2.71 bits per heavy atom. The van der Waals surface area contributed by atoms with Crippen LogP contribution in [0.15, 0.2) is 12.1 Å². The molecular formula is C10H12FNO2. The van der Waals surface area contributed by atoms with Crippen molar-refractivity contribution >= 4 is 11.7 Å². The fourth-order valence-corrected chi connectivity index (χ4v) is 1.23. The van der Waals surface area contributed by atoms with Gasteiger partial charge in [-0.3, -0.25) is 0 Å². The molecule has 3 nitrogen and oxygen atoms in total. The van der Waals surface area contributed by atoms with Crippen LogP contribution >= 0.6 is 0 Å². The van der Waals surface area contributed by atoms with Crippen LogP contribution in [0.5, 0.6) is 0 Å². The quantitative estimate of drug-likeness (QED) is 0.580. The SMILES string of the molecule is CCc1cc(N)c(F)cc1C(=O)OC. The van der Waals surface area contributed by atoms with Crippen molar-refractivity contribution in [1.29, 1.82) is 0 Å². The summed E-state index contributed by atoms with van der Waals surface area (Å²) in [6, 6.07) is 2.57. The van der Waals surface area contributed by atoms with Gasteiger partial charge in [0.2, 0.25) is 0 Å². The molecule has 1 aromatic carbocycles. The Bertz CT molecular complexity index is 363. The lowest BCUT2D eigenvalue weighted by molar-refractivity contribution is 0.0599. The zero-order valence-electron chi connectivity index (χ0n) is 8.13. The largest absolute Gasteiger partial charge is 0.465 e. The van der Waals surface area contributed by atoms with Crippen molar-refractivity contribution in [2.24, 2.45) is 0 Å². The number of nitrogen functional groups attached to an aromatic ring is 1. The number of hydrogen-bond donors (Lipinski definition) is 1. The Balaban J connectivity index is 3.27. The molecule has 0 aromatic heterocycles. The molecule has 0 fully saturated rings. The lowest BCUT2D eigenvalue weighted by Crippen LogP contribution is -2.07. The second kappa shape index (κ2) is 4.09. The van der Waals surface area contributed by atoms with Crippen LogP contribution in [0, 0.1) is 5.82 Å². The molecule has 0 spiro atoms. The van der Waals surface area contributed by atoms with E-state index in [-0.39, 0.29) is 11.3 Å². The summed E-state index contributed by atoms with van der Waals surface area (Å²) in [5.41, 5.74) is 6.36. The Morgan fingerprint density at radius 1 is 1.57 bits per heavy atom. The maximum Gasteiger partial charge on any atom is 0.338 e. The van der Waals surface area contributed by atoms with Gasteiger partial charge in [0.05, 0.1) is 18.4 Å². The van der Waals surface area contributed by atoms with E-state index in [0.717, 1.165) is 6.07 Å². The molecule has 0 heterocycles. The van der Waals surface area contributed by atoms with Gasteiger partial charge in [-0.05, 0) is 24.1 Å². The number of esters is 1. The summed E-state index contributed by atoms with van der Waals surface area (Å²) >= 11 is 0. The van der Waals surface area contributed by atoms with Crippen molar-refractivity contribution in [2.75, 3.05) is 12.8 Å². The summed E-state index contributed by atoms with van der Waals surface area (Å²) in [7, 11) is 1.26. The first-order valence-electron chi connectivity index (χ1n) is 4.26. The summed E-state index contributed by atoms with van der Waals surface area (Å²) < 4.78 is 17.6. The van der Waals surface area contributed by atoms with Crippen molar-refractivity contribution in [2.45, 2.75) is 13.3 Å². The first kappa shape index (κ1) is 10.5. The smallest absolute Gasteiger partial charge is 0.338 e. The number of carbonyl (C=O) groups excluding carboxylic acids is 1. The van der Waals surface area contributed by atoms with Gasteiger partial charge in [0, 0.05) is 0 Å². The van der Waals surface area contributed by atoms with Crippen LogP contribution in [0.2, 0.25) is 0 Å². The highest BCUT2D eigenvalue weighted by atomic mass is 19.1. The van der Waals surface area contributed by atoms with E-state index >= 15 is 0 Å². The Morgan fingerprint density at radius 2 is 2.21 bits per heavy atom. The van der Waals surface area contributed by atoms with Crippen LogP contribution in [0.4, 0.5) is 10.1 Å². The Hall–Kier alpha value is -1.58. The Kier molecular flexibility index (Phi) is 3.06. The van der Waals surface area contributed by atoms with Crippen molar-refractivity contribution in [1.82, 2.24) is 0 Å². The van der Waals surface area contributed by atoms with Crippen molar-refractivity contribution in [3.63, 3.8) is 0 Å². The molecule has 4 heteroatoms. The van der Waals surface area contributed by atoms with Crippen LogP contribution in [0.1, 0.15) is 22.8 Å². The molecule has 76 valence electrons. The topological polar surface area (TPSA) is 52.3 Å². The minimum Gasteiger partial charge on any atom is -0.465 e. The van der Waals surface area contributed by atoms with E-state index in [1.807, 2.05) is 6.92 Å². The third kappa shape index (κ3) is 1.84. The second-order valence-electron chi connectivity index (χ2n) is 2.88. The highest BCUT2D eigenvalue weighted by molar-refractivity contribution is 5.91. The van der Waals surface area contributed by atoms with Crippen LogP contribution in [-0.2, 0) is 11.2 Å². The predicted octanol–water partition coefficient (Wildman–Crippen LogP) is 1.76. The molecule has 0 bridgehead atoms. The van der Waals surface area contributed by atoms with E-state index in [1.165, 1.54) is 13.2 Å². The molecule has 1 rings (SSSR count). The number of rotatable bonds is 2. The number of nitrogens with two attached hydrogens (primary N) is 1. The van der Waals surface area contributed by atoms with Gasteiger partial charge in [0.25, 0.3) is 0 Å². The standard InChI is InChI=1S/C10H12FNO2/c1-3-6-4-9(12)8(11)5-7(6)10(13)14-2/h4-5H,3,12H2,1-2H3. The Labute approximate surface area is 81.7 Å². The molecule has 0 saturated heterocycles. The van der Waals surface area contributed by atoms with Gasteiger partial charge in [-0.25, -0.2) is 9.18 Å². The molecule has 0 atom stereocenters. The fraction of sp³-hybridized carbons (Fsp3) is 0.300. The highest BCUT2D eigenvalue weighted by Gasteiger charge is 2.13. The number of halogens is 1. The molecule has 0 unspecified atom stereocenters. The number of hydrogen-bond acceptors (Lipinski definition) is 3. The molecule has 0 radical (unpaired) electrons. The van der Waals surface area contributed by atoms with Gasteiger partial charge >= 0.3 is 5.97 Å². The van der Waals surface area contributed by atoms with Crippen LogP contribution in [-0.4, -0.2) is 13.1 Å². The monoisotopic (exact) mass is 197 g/mol. The minimum atomic E-state index is -0.595. The summed E-state index contributed by atoms with van der Waals surface area (Å²) in [6.45, 7) is 1.86. The average molecular weight is 197 g/mol. The molecular weight excluding hydrogens is 185 g/mol. The molecule has 0 aliphatic rings. The fourth-order valence-electron chi connectivity index (χ4n) is 1.23. The van der Waals surface area contributed by atoms with Gasteiger partial charge in [0.1, 0.15) is 5.82 Å². The van der Waals surface area contributed by atoms with Gasteiger partial charge in [-0.2, -0.15) is 0 Å². The zero-order chi connectivity index (χ0) is 10.7. The molecule has 0 saturated carbocycles. The first-order valence-corrected chi connectivity index (χ1v) is 4.26. The molecule has 2 N–H and O–H groups in total. The van der Waals surface area contributed by atoms with E-state index < -0.39 is 11.8 Å². The van der Waals surface area contributed by atoms with E-state index in [2.05, 4.69) is 4.74 Å². The third-order valence-electron chi connectivity index (χ3n) is 2.01. The number of carbonyl (C=O) groups is 1. The van der Waals surface area contributed by atoms with Gasteiger partial charge in [0.15, 0.2) is 0 Å².